The molecule has 25 heavy (non-hydrogen) atoms. The molecule has 0 atom stereocenters. The third-order valence-electron chi connectivity index (χ3n) is 5.40. The van der Waals surface area contributed by atoms with E-state index >= 15 is 0 Å². The van der Waals surface area contributed by atoms with Crippen molar-refractivity contribution in [3.05, 3.63) is 47.3 Å². The standard InChI is InChI=1S/C20H25N3O2/c1-15-12-16(2)23(21-15)18-7-5-6-17(13-18)19(24)22-10-11-25-20(14-22)8-3-4-9-20/h5-7,12-13H,3-4,8-11,14H2,1-2H3. The van der Waals surface area contributed by atoms with E-state index in [0.29, 0.717) is 13.2 Å². The molecule has 1 aromatic carbocycles. The normalized spacial score (nSPS) is 19.5. The number of rotatable bonds is 2. The number of morpholine rings is 1. The highest BCUT2D eigenvalue weighted by Crippen LogP contribution is 2.36. The van der Waals surface area contributed by atoms with Crippen molar-refractivity contribution in [1.82, 2.24) is 14.7 Å². The maximum Gasteiger partial charge on any atom is 0.254 e. The Kier molecular flexibility index (Phi) is 4.12. The van der Waals surface area contributed by atoms with Gasteiger partial charge in [-0.2, -0.15) is 5.10 Å². The van der Waals surface area contributed by atoms with Crippen LogP contribution in [0.15, 0.2) is 30.3 Å². The first-order valence-corrected chi connectivity index (χ1v) is 9.13. The van der Waals surface area contributed by atoms with Gasteiger partial charge in [0.05, 0.1) is 30.1 Å². The predicted octanol–water partition coefficient (Wildman–Crippen LogP) is 3.27. The smallest absolute Gasteiger partial charge is 0.254 e. The highest BCUT2D eigenvalue weighted by molar-refractivity contribution is 5.94. The summed E-state index contributed by atoms with van der Waals surface area (Å²) in [6.07, 6.45) is 4.55. The van der Waals surface area contributed by atoms with Gasteiger partial charge in [0.2, 0.25) is 0 Å². The lowest BCUT2D eigenvalue weighted by Crippen LogP contribution is -2.52. The fourth-order valence-electron chi connectivity index (χ4n) is 4.18. The summed E-state index contributed by atoms with van der Waals surface area (Å²) in [6, 6.07) is 9.81. The molecule has 2 heterocycles. The lowest BCUT2D eigenvalue weighted by molar-refractivity contribution is -0.0948. The average Bonchev–Trinajstić information content (AvgIpc) is 3.20. The summed E-state index contributed by atoms with van der Waals surface area (Å²) >= 11 is 0. The molecule has 2 aromatic rings. The van der Waals surface area contributed by atoms with E-state index in [2.05, 4.69) is 5.10 Å². The minimum Gasteiger partial charge on any atom is -0.371 e. The van der Waals surface area contributed by atoms with Crippen LogP contribution in [0.4, 0.5) is 0 Å². The van der Waals surface area contributed by atoms with Gasteiger partial charge in [-0.05, 0) is 51.0 Å². The number of carbonyl (C=O) groups is 1. The monoisotopic (exact) mass is 339 g/mol. The molecule has 0 bridgehead atoms. The van der Waals surface area contributed by atoms with Crippen molar-refractivity contribution in [1.29, 1.82) is 0 Å². The second-order valence-electron chi connectivity index (χ2n) is 7.35. The molecule has 132 valence electrons. The molecule has 4 rings (SSSR count). The van der Waals surface area contributed by atoms with E-state index in [0.717, 1.165) is 42.0 Å². The van der Waals surface area contributed by atoms with E-state index in [4.69, 9.17) is 4.74 Å². The van der Waals surface area contributed by atoms with Crippen LogP contribution in [0.2, 0.25) is 0 Å². The van der Waals surface area contributed by atoms with Crippen LogP contribution in [-0.4, -0.2) is 45.9 Å². The summed E-state index contributed by atoms with van der Waals surface area (Å²) in [5.74, 6) is 0.0953. The largest absolute Gasteiger partial charge is 0.371 e. The van der Waals surface area contributed by atoms with Gasteiger partial charge in [-0.25, -0.2) is 4.68 Å². The van der Waals surface area contributed by atoms with Crippen LogP contribution in [0.25, 0.3) is 5.69 Å². The number of hydrogen-bond donors (Lipinski definition) is 0. The van der Waals surface area contributed by atoms with Crippen LogP contribution in [0.1, 0.15) is 47.4 Å². The highest BCUT2D eigenvalue weighted by Gasteiger charge is 2.40. The number of benzene rings is 1. The van der Waals surface area contributed by atoms with Gasteiger partial charge in [0.1, 0.15) is 0 Å². The van der Waals surface area contributed by atoms with Crippen molar-refractivity contribution in [2.75, 3.05) is 19.7 Å². The summed E-state index contributed by atoms with van der Waals surface area (Å²) in [6.45, 7) is 6.04. The second-order valence-corrected chi connectivity index (χ2v) is 7.35. The lowest BCUT2D eigenvalue weighted by atomic mass is 9.99. The fourth-order valence-corrected chi connectivity index (χ4v) is 4.18. The van der Waals surface area contributed by atoms with E-state index in [9.17, 15) is 4.79 Å². The topological polar surface area (TPSA) is 47.4 Å². The average molecular weight is 339 g/mol. The van der Waals surface area contributed by atoms with Crippen LogP contribution in [0, 0.1) is 13.8 Å². The first-order chi connectivity index (χ1) is 12.1. The number of aryl methyl sites for hydroxylation is 2. The zero-order valence-corrected chi connectivity index (χ0v) is 15.0. The van der Waals surface area contributed by atoms with Crippen molar-refractivity contribution in [3.63, 3.8) is 0 Å². The van der Waals surface area contributed by atoms with E-state index in [1.54, 1.807) is 0 Å². The molecule has 5 heteroatoms. The number of carbonyl (C=O) groups excluding carboxylic acids is 1. The quantitative estimate of drug-likeness (QED) is 0.844. The molecule has 1 aliphatic carbocycles. The van der Waals surface area contributed by atoms with Crippen molar-refractivity contribution in [2.45, 2.75) is 45.1 Å². The second kappa shape index (κ2) is 6.30. The maximum absolute atomic E-state index is 13.1. The molecule has 1 spiro atoms. The number of aromatic nitrogens is 2. The van der Waals surface area contributed by atoms with Gasteiger partial charge in [-0.15, -0.1) is 0 Å². The summed E-state index contributed by atoms with van der Waals surface area (Å²) in [5, 5.41) is 4.52. The molecular formula is C20H25N3O2. The summed E-state index contributed by atoms with van der Waals surface area (Å²) in [7, 11) is 0. The maximum atomic E-state index is 13.1. The van der Waals surface area contributed by atoms with Gasteiger partial charge >= 0.3 is 0 Å². The Balaban J connectivity index is 1.58. The van der Waals surface area contributed by atoms with Crippen LogP contribution >= 0.6 is 0 Å². The number of ether oxygens (including phenoxy) is 1. The lowest BCUT2D eigenvalue weighted by Gasteiger charge is -2.40. The number of nitrogens with zero attached hydrogens (tertiary/aromatic N) is 3. The van der Waals surface area contributed by atoms with Gasteiger partial charge in [0, 0.05) is 17.8 Å². The molecule has 2 aliphatic rings. The molecule has 1 aliphatic heterocycles. The third kappa shape index (κ3) is 3.09. The van der Waals surface area contributed by atoms with E-state index in [-0.39, 0.29) is 11.5 Å². The zero-order chi connectivity index (χ0) is 17.4. The van der Waals surface area contributed by atoms with Crippen molar-refractivity contribution < 1.29 is 9.53 Å². The van der Waals surface area contributed by atoms with Crippen molar-refractivity contribution in [3.8, 4) is 5.69 Å². The SMILES string of the molecule is Cc1cc(C)n(-c2cccc(C(=O)N3CCOC4(CCCC4)C3)c2)n1. The molecule has 1 aromatic heterocycles. The van der Waals surface area contributed by atoms with Crippen LogP contribution in [0.5, 0.6) is 0 Å². The van der Waals surface area contributed by atoms with Gasteiger partial charge in [0.25, 0.3) is 5.91 Å². The fraction of sp³-hybridized carbons (Fsp3) is 0.500. The molecule has 0 unspecified atom stereocenters. The molecule has 1 saturated carbocycles. The van der Waals surface area contributed by atoms with Gasteiger partial charge in [-0.1, -0.05) is 18.9 Å². The zero-order valence-electron chi connectivity index (χ0n) is 15.0. The third-order valence-corrected chi connectivity index (χ3v) is 5.40. The Morgan fingerprint density at radius 1 is 1.20 bits per heavy atom. The Hall–Kier alpha value is -2.14. The Labute approximate surface area is 148 Å². The Bertz CT molecular complexity index is 790. The van der Waals surface area contributed by atoms with Crippen molar-refractivity contribution in [2.24, 2.45) is 0 Å². The Morgan fingerprint density at radius 3 is 2.72 bits per heavy atom. The van der Waals surface area contributed by atoms with Crippen LogP contribution in [-0.2, 0) is 4.74 Å². The summed E-state index contributed by atoms with van der Waals surface area (Å²) in [5.41, 5.74) is 3.60. The summed E-state index contributed by atoms with van der Waals surface area (Å²) < 4.78 is 7.94. The van der Waals surface area contributed by atoms with E-state index in [1.807, 2.05) is 53.8 Å². The molecule has 0 N–H and O–H groups in total. The number of hydrogen-bond acceptors (Lipinski definition) is 3. The van der Waals surface area contributed by atoms with Gasteiger partial charge < -0.3 is 9.64 Å². The minimum atomic E-state index is -0.0960. The van der Waals surface area contributed by atoms with Crippen LogP contribution in [0.3, 0.4) is 0 Å². The first kappa shape index (κ1) is 16.3. The molecule has 0 radical (unpaired) electrons. The summed E-state index contributed by atoms with van der Waals surface area (Å²) in [4.78, 5) is 15.0. The Morgan fingerprint density at radius 2 is 2.00 bits per heavy atom. The van der Waals surface area contributed by atoms with E-state index < -0.39 is 0 Å². The molecule has 1 saturated heterocycles. The highest BCUT2D eigenvalue weighted by atomic mass is 16.5. The molecular weight excluding hydrogens is 314 g/mol. The van der Waals surface area contributed by atoms with Gasteiger partial charge in [-0.3, -0.25) is 4.79 Å². The first-order valence-electron chi connectivity index (χ1n) is 9.13. The van der Waals surface area contributed by atoms with Crippen LogP contribution < -0.4 is 0 Å². The number of amides is 1. The van der Waals surface area contributed by atoms with Crippen molar-refractivity contribution >= 4 is 5.91 Å². The molecule has 2 fully saturated rings. The van der Waals surface area contributed by atoms with Gasteiger partial charge in [0.15, 0.2) is 0 Å². The predicted molar refractivity (Wildman–Crippen MR) is 96.1 cm³/mol. The van der Waals surface area contributed by atoms with E-state index in [1.165, 1.54) is 12.8 Å². The molecule has 1 amide bonds. The molecule has 5 nitrogen and oxygen atoms in total. The minimum absolute atomic E-state index is 0.0953.